The van der Waals surface area contributed by atoms with Gasteiger partial charge in [0.05, 0.1) is 28.9 Å². The van der Waals surface area contributed by atoms with Crippen molar-refractivity contribution < 1.29 is 44.0 Å². The normalized spacial score (nSPS) is 10.4. The van der Waals surface area contributed by atoms with Gasteiger partial charge in [0.2, 0.25) is 0 Å². The summed E-state index contributed by atoms with van der Waals surface area (Å²) in [5, 5.41) is 28.0. The number of rotatable bonds is 10. The molecule has 0 heterocycles. The summed E-state index contributed by atoms with van der Waals surface area (Å²) in [7, 11) is 0. The van der Waals surface area contributed by atoms with Crippen LogP contribution in [-0.2, 0) is 4.74 Å². The Labute approximate surface area is 176 Å². The van der Waals surface area contributed by atoms with Gasteiger partial charge in [0.15, 0.2) is 5.78 Å². The summed E-state index contributed by atoms with van der Waals surface area (Å²) in [5.74, 6) is -6.17. The van der Waals surface area contributed by atoms with E-state index < -0.39 is 51.9 Å². The predicted octanol–water partition coefficient (Wildman–Crippen LogP) is 3.36. The zero-order chi connectivity index (χ0) is 23.1. The van der Waals surface area contributed by atoms with Crippen LogP contribution in [0.3, 0.4) is 0 Å². The molecule has 9 nitrogen and oxygen atoms in total. The van der Waals surface area contributed by atoms with Crippen molar-refractivity contribution in [3.63, 3.8) is 0 Å². The van der Waals surface area contributed by atoms with Crippen LogP contribution in [0.5, 0.6) is 0 Å². The number of ketones is 1. The number of carbonyl (C=O) groups excluding carboxylic acids is 2. The minimum atomic E-state index is -1.50. The zero-order valence-corrected chi connectivity index (χ0v) is 16.6. The molecule has 0 bridgehead atoms. The molecule has 0 aromatic heterocycles. The van der Waals surface area contributed by atoms with E-state index >= 15 is 0 Å². The number of esters is 1. The number of unbranched alkanes of at least 4 members (excludes halogenated alkanes) is 2. The summed E-state index contributed by atoms with van der Waals surface area (Å²) in [5.41, 5.74) is -2.37. The molecule has 2 aromatic rings. The molecular weight excluding hydrogens is 408 g/mol. The molecule has 9 heteroatoms. The Balaban J connectivity index is 2.53. The first kappa shape index (κ1) is 23.3. The molecule has 0 aliphatic rings. The number of hydrogen-bond acceptors (Lipinski definition) is 6. The van der Waals surface area contributed by atoms with Gasteiger partial charge in [-0.3, -0.25) is 4.79 Å². The second-order valence-corrected chi connectivity index (χ2v) is 6.61. The Morgan fingerprint density at radius 1 is 0.710 bits per heavy atom. The van der Waals surface area contributed by atoms with Gasteiger partial charge in [-0.1, -0.05) is 19.8 Å². The van der Waals surface area contributed by atoms with Crippen LogP contribution < -0.4 is 0 Å². The number of carboxylic acids is 3. The first-order chi connectivity index (χ1) is 14.7. The molecule has 0 atom stereocenters. The van der Waals surface area contributed by atoms with Crippen LogP contribution >= 0.6 is 0 Å². The number of carbonyl (C=O) groups is 5. The SMILES string of the molecule is CCCCCOC(=O)c1ccc(C(=O)O)c(C(=O)c2cc(C(=O)O)ccc2C(=O)O)c1. The van der Waals surface area contributed by atoms with Crippen LogP contribution in [0.1, 0.15) is 83.5 Å². The lowest BCUT2D eigenvalue weighted by atomic mass is 9.92. The Bertz CT molecular complexity index is 1050. The third kappa shape index (κ3) is 5.53. The van der Waals surface area contributed by atoms with Crippen LogP contribution in [0.15, 0.2) is 36.4 Å². The molecule has 2 rings (SSSR count). The van der Waals surface area contributed by atoms with Crippen LogP contribution in [0, 0.1) is 0 Å². The van der Waals surface area contributed by atoms with E-state index in [2.05, 4.69) is 0 Å². The summed E-state index contributed by atoms with van der Waals surface area (Å²) in [6, 6.07) is 6.06. The van der Waals surface area contributed by atoms with E-state index in [1.165, 1.54) is 6.07 Å². The summed E-state index contributed by atoms with van der Waals surface area (Å²) in [6.45, 7) is 2.13. The lowest BCUT2D eigenvalue weighted by Gasteiger charge is -2.11. The maximum atomic E-state index is 13.1. The van der Waals surface area contributed by atoms with Crippen molar-refractivity contribution in [3.05, 3.63) is 69.8 Å². The molecule has 0 amide bonds. The topological polar surface area (TPSA) is 155 Å². The maximum Gasteiger partial charge on any atom is 0.338 e. The smallest absolute Gasteiger partial charge is 0.338 e. The van der Waals surface area contributed by atoms with Crippen molar-refractivity contribution in [1.82, 2.24) is 0 Å². The minimum absolute atomic E-state index is 0.0869. The second-order valence-electron chi connectivity index (χ2n) is 6.61. The molecule has 2 aromatic carbocycles. The molecule has 0 unspecified atom stereocenters. The fourth-order valence-electron chi connectivity index (χ4n) is 2.84. The number of aromatic carboxylic acids is 3. The van der Waals surface area contributed by atoms with E-state index in [4.69, 9.17) is 9.84 Å². The molecule has 0 fully saturated rings. The van der Waals surface area contributed by atoms with Gasteiger partial charge in [-0.2, -0.15) is 0 Å². The molecule has 3 N–H and O–H groups in total. The fourth-order valence-corrected chi connectivity index (χ4v) is 2.84. The highest BCUT2D eigenvalue weighted by atomic mass is 16.5. The highest BCUT2D eigenvalue weighted by Crippen LogP contribution is 2.22. The second kappa shape index (κ2) is 10.1. The predicted molar refractivity (Wildman–Crippen MR) is 107 cm³/mol. The van der Waals surface area contributed by atoms with E-state index in [0.29, 0.717) is 6.42 Å². The van der Waals surface area contributed by atoms with Crippen LogP contribution in [-0.4, -0.2) is 51.6 Å². The monoisotopic (exact) mass is 428 g/mol. The van der Waals surface area contributed by atoms with E-state index in [1.807, 2.05) is 6.92 Å². The summed E-state index contributed by atoms with van der Waals surface area (Å²) >= 11 is 0. The van der Waals surface area contributed by atoms with E-state index in [9.17, 15) is 34.2 Å². The van der Waals surface area contributed by atoms with Gasteiger partial charge in [0.25, 0.3) is 0 Å². The molecule has 0 saturated heterocycles. The molecule has 162 valence electrons. The van der Waals surface area contributed by atoms with Crippen molar-refractivity contribution in [2.75, 3.05) is 6.61 Å². The van der Waals surface area contributed by atoms with Crippen LogP contribution in [0.25, 0.3) is 0 Å². The van der Waals surface area contributed by atoms with Crippen LogP contribution in [0.4, 0.5) is 0 Å². The number of ether oxygens (including phenoxy) is 1. The van der Waals surface area contributed by atoms with Crippen molar-refractivity contribution >= 4 is 29.7 Å². The van der Waals surface area contributed by atoms with Crippen LogP contribution in [0.2, 0.25) is 0 Å². The largest absolute Gasteiger partial charge is 0.478 e. The highest BCUT2D eigenvalue weighted by Gasteiger charge is 2.25. The summed E-state index contributed by atoms with van der Waals surface area (Å²) in [6.07, 6.45) is 2.42. The average molecular weight is 428 g/mol. The number of benzene rings is 2. The van der Waals surface area contributed by atoms with Crippen molar-refractivity contribution in [2.24, 2.45) is 0 Å². The number of hydrogen-bond donors (Lipinski definition) is 3. The average Bonchev–Trinajstić information content (AvgIpc) is 2.74. The van der Waals surface area contributed by atoms with Gasteiger partial charge >= 0.3 is 23.9 Å². The Kier molecular flexibility index (Phi) is 7.62. The molecule has 0 radical (unpaired) electrons. The molecule has 0 saturated carbocycles. The third-order valence-corrected chi connectivity index (χ3v) is 4.45. The fraction of sp³-hybridized carbons (Fsp3) is 0.227. The summed E-state index contributed by atoms with van der Waals surface area (Å²) < 4.78 is 5.11. The molecule has 0 spiro atoms. The molecule has 31 heavy (non-hydrogen) atoms. The summed E-state index contributed by atoms with van der Waals surface area (Å²) in [4.78, 5) is 59.7. The lowest BCUT2D eigenvalue weighted by molar-refractivity contribution is 0.0496. The van der Waals surface area contributed by atoms with Gasteiger partial charge in [-0.25, -0.2) is 19.2 Å². The van der Waals surface area contributed by atoms with Crippen molar-refractivity contribution in [3.8, 4) is 0 Å². The molecular formula is C22H20O9. The van der Waals surface area contributed by atoms with Crippen molar-refractivity contribution in [1.29, 1.82) is 0 Å². The quantitative estimate of drug-likeness (QED) is 0.293. The van der Waals surface area contributed by atoms with E-state index in [0.717, 1.165) is 43.2 Å². The van der Waals surface area contributed by atoms with Gasteiger partial charge in [-0.15, -0.1) is 0 Å². The number of carboxylic acid groups (broad SMARTS) is 3. The first-order valence-corrected chi connectivity index (χ1v) is 9.37. The molecule has 0 aliphatic heterocycles. The van der Waals surface area contributed by atoms with E-state index in [1.54, 1.807) is 0 Å². The lowest BCUT2D eigenvalue weighted by Crippen LogP contribution is -2.16. The van der Waals surface area contributed by atoms with Gasteiger partial charge < -0.3 is 20.1 Å². The standard InChI is InChI=1S/C22H20O9/c1-2-3-4-9-31-22(30)13-6-8-15(21(28)29)17(11-13)18(23)16-10-12(19(24)25)5-7-14(16)20(26)27/h5-8,10-11H,2-4,9H2,1H3,(H,24,25)(H,26,27)(H,28,29). The zero-order valence-electron chi connectivity index (χ0n) is 16.6. The minimum Gasteiger partial charge on any atom is -0.478 e. The van der Waals surface area contributed by atoms with Gasteiger partial charge in [-0.05, 0) is 42.8 Å². The van der Waals surface area contributed by atoms with E-state index in [-0.39, 0.29) is 17.7 Å². The Morgan fingerprint density at radius 3 is 1.71 bits per heavy atom. The van der Waals surface area contributed by atoms with Crippen molar-refractivity contribution in [2.45, 2.75) is 26.2 Å². The Hall–Kier alpha value is -4.01. The first-order valence-electron chi connectivity index (χ1n) is 9.37. The third-order valence-electron chi connectivity index (χ3n) is 4.45. The highest BCUT2D eigenvalue weighted by molar-refractivity contribution is 6.19. The molecule has 0 aliphatic carbocycles. The maximum absolute atomic E-state index is 13.1. The Morgan fingerprint density at radius 2 is 1.23 bits per heavy atom. The van der Waals surface area contributed by atoms with Gasteiger partial charge in [0.1, 0.15) is 0 Å². The van der Waals surface area contributed by atoms with Gasteiger partial charge in [0, 0.05) is 11.1 Å².